The molecule has 0 aromatic heterocycles. The second-order valence-corrected chi connectivity index (χ2v) is 9.78. The molecule has 0 radical (unpaired) electrons. The molecule has 0 N–H and O–H groups in total. The van der Waals surface area contributed by atoms with Crippen molar-refractivity contribution in [2.24, 2.45) is 4.99 Å². The highest BCUT2D eigenvalue weighted by Gasteiger charge is 2.40. The van der Waals surface area contributed by atoms with Crippen molar-refractivity contribution in [3.8, 4) is 0 Å². The van der Waals surface area contributed by atoms with E-state index in [1.54, 1.807) is 16.7 Å². The minimum atomic E-state index is -0.0482. The number of carbonyl (C=O) groups is 1. The van der Waals surface area contributed by atoms with Crippen LogP contribution >= 0.6 is 23.5 Å². The first kappa shape index (κ1) is 20.1. The number of aliphatic imine (C=N–C) groups is 1. The van der Waals surface area contributed by atoms with Crippen molar-refractivity contribution >= 4 is 62.4 Å². The van der Waals surface area contributed by atoms with Crippen molar-refractivity contribution in [1.82, 2.24) is 0 Å². The Bertz CT molecular complexity index is 1460. The molecule has 4 nitrogen and oxygen atoms in total. The van der Waals surface area contributed by atoms with E-state index >= 15 is 0 Å². The number of hydrogen-bond acceptors (Lipinski definition) is 5. The summed E-state index contributed by atoms with van der Waals surface area (Å²) in [6.45, 7) is 0. The number of hydrogen-bond donors (Lipinski definition) is 0. The number of benzene rings is 4. The third-order valence-electron chi connectivity index (χ3n) is 5.69. The van der Waals surface area contributed by atoms with E-state index in [1.165, 1.54) is 17.1 Å². The normalized spacial score (nSPS) is 19.1. The number of thioether (sulfide) groups is 2. The lowest BCUT2D eigenvalue weighted by Gasteiger charge is -2.16. The lowest BCUT2D eigenvalue weighted by atomic mass is 10.1. The molecule has 1 fully saturated rings. The molecule has 2 heterocycles. The van der Waals surface area contributed by atoms with Gasteiger partial charge in [-0.15, -0.1) is 0 Å². The molecule has 4 aromatic rings. The number of anilines is 2. The smallest absolute Gasteiger partial charge is 0.274 e. The Kier molecular flexibility index (Phi) is 4.97. The molecule has 6 heteroatoms. The predicted molar refractivity (Wildman–Crippen MR) is 140 cm³/mol. The number of nitrogens with zero attached hydrogens (tertiary/aromatic N) is 3. The molecule has 2 aliphatic heterocycles. The Morgan fingerprint density at radius 2 is 1.48 bits per heavy atom. The topological polar surface area (TPSA) is 35.9 Å². The van der Waals surface area contributed by atoms with Gasteiger partial charge in [-0.05, 0) is 58.9 Å². The van der Waals surface area contributed by atoms with Gasteiger partial charge in [0.15, 0.2) is 5.17 Å². The quantitative estimate of drug-likeness (QED) is 0.298. The largest absolute Gasteiger partial charge is 0.337 e. The molecular formula is C27H19N3OS2. The van der Waals surface area contributed by atoms with E-state index in [2.05, 4.69) is 41.3 Å². The van der Waals surface area contributed by atoms with Crippen molar-refractivity contribution in [3.05, 3.63) is 107 Å². The molecule has 33 heavy (non-hydrogen) atoms. The summed E-state index contributed by atoms with van der Waals surface area (Å²) >= 11 is 3.07. The second-order valence-electron chi connectivity index (χ2n) is 7.77. The van der Waals surface area contributed by atoms with Gasteiger partial charge in [0, 0.05) is 11.9 Å². The van der Waals surface area contributed by atoms with Crippen molar-refractivity contribution in [3.63, 3.8) is 0 Å². The van der Waals surface area contributed by atoms with Gasteiger partial charge in [-0.25, -0.2) is 4.99 Å². The van der Waals surface area contributed by atoms with Crippen LogP contribution in [0.1, 0.15) is 0 Å². The molecule has 6 rings (SSSR count). The summed E-state index contributed by atoms with van der Waals surface area (Å²) in [6.07, 6.45) is 0. The molecule has 0 atom stereocenters. The van der Waals surface area contributed by atoms with Gasteiger partial charge in [0.25, 0.3) is 5.91 Å². The maximum Gasteiger partial charge on any atom is 0.274 e. The van der Waals surface area contributed by atoms with Crippen molar-refractivity contribution in [2.75, 3.05) is 16.8 Å². The third-order valence-corrected chi connectivity index (χ3v) is 8.08. The summed E-state index contributed by atoms with van der Waals surface area (Å²) in [4.78, 5) is 24.3. The van der Waals surface area contributed by atoms with Gasteiger partial charge in [-0.3, -0.25) is 9.69 Å². The monoisotopic (exact) mass is 465 g/mol. The van der Waals surface area contributed by atoms with Gasteiger partial charge in [0.2, 0.25) is 0 Å². The number of amides is 1. The average Bonchev–Trinajstić information content (AvgIpc) is 3.35. The fourth-order valence-electron chi connectivity index (χ4n) is 4.04. The number of fused-ring (bicyclic) bond motifs is 2. The molecule has 0 aliphatic carbocycles. The lowest BCUT2D eigenvalue weighted by Crippen LogP contribution is -2.29. The molecule has 160 valence electrons. The van der Waals surface area contributed by atoms with Crippen LogP contribution in [0.4, 0.5) is 17.1 Å². The Hall–Kier alpha value is -3.48. The number of para-hydroxylation sites is 2. The Labute approximate surface area is 200 Å². The van der Waals surface area contributed by atoms with Crippen LogP contribution in [0, 0.1) is 0 Å². The number of rotatable bonds is 2. The molecular weight excluding hydrogens is 446 g/mol. The van der Waals surface area contributed by atoms with E-state index in [0.717, 1.165) is 32.4 Å². The van der Waals surface area contributed by atoms with Crippen LogP contribution in [0.25, 0.3) is 10.8 Å². The van der Waals surface area contributed by atoms with Crippen LogP contribution in [-0.4, -0.2) is 18.1 Å². The average molecular weight is 466 g/mol. The van der Waals surface area contributed by atoms with Crippen LogP contribution < -0.4 is 9.80 Å². The third kappa shape index (κ3) is 3.52. The zero-order valence-corrected chi connectivity index (χ0v) is 19.4. The molecule has 4 aromatic carbocycles. The molecule has 0 unspecified atom stereocenters. The van der Waals surface area contributed by atoms with E-state index in [1.807, 2.05) is 67.7 Å². The maximum atomic E-state index is 13.7. The summed E-state index contributed by atoms with van der Waals surface area (Å²) in [5, 5.41) is 3.89. The maximum absolute atomic E-state index is 13.7. The van der Waals surface area contributed by atoms with Crippen LogP contribution in [0.3, 0.4) is 0 Å². The highest BCUT2D eigenvalue weighted by atomic mass is 32.2. The first-order valence-electron chi connectivity index (χ1n) is 10.6. The SMILES string of the molecule is CN1/C(=C2/SC(=Nc3ccc4ccccc4c3)N(c3ccccc3)C2=O)Sc2ccccc21. The van der Waals surface area contributed by atoms with E-state index in [0.29, 0.717) is 10.1 Å². The lowest BCUT2D eigenvalue weighted by molar-refractivity contribution is -0.113. The first-order valence-corrected chi connectivity index (χ1v) is 12.2. The minimum Gasteiger partial charge on any atom is -0.337 e. The Balaban J connectivity index is 1.47. The van der Waals surface area contributed by atoms with Crippen LogP contribution in [0.5, 0.6) is 0 Å². The fraction of sp³-hybridized carbons (Fsp3) is 0.0370. The molecule has 0 bridgehead atoms. The molecule has 1 saturated heterocycles. The number of carbonyl (C=O) groups excluding carboxylic acids is 1. The summed E-state index contributed by atoms with van der Waals surface area (Å²) in [6, 6.07) is 32.3. The predicted octanol–water partition coefficient (Wildman–Crippen LogP) is 7.02. The van der Waals surface area contributed by atoms with E-state index in [4.69, 9.17) is 4.99 Å². The second kappa shape index (κ2) is 8.14. The van der Waals surface area contributed by atoms with Crippen molar-refractivity contribution in [2.45, 2.75) is 4.90 Å². The standard InChI is InChI=1S/C27H19N3OS2/c1-29-22-13-7-8-14-23(22)32-26(29)24-25(31)30(21-11-3-2-4-12-21)27(33-24)28-20-16-15-18-9-5-6-10-19(18)17-20/h2-17H,1H3/b26-24-,28-27?. The summed E-state index contributed by atoms with van der Waals surface area (Å²) < 4.78 is 0. The minimum absolute atomic E-state index is 0.0482. The van der Waals surface area contributed by atoms with Gasteiger partial charge >= 0.3 is 0 Å². The zero-order valence-electron chi connectivity index (χ0n) is 17.8. The summed E-state index contributed by atoms with van der Waals surface area (Å²) in [5.41, 5.74) is 2.75. The Morgan fingerprint density at radius 3 is 2.30 bits per heavy atom. The van der Waals surface area contributed by atoms with E-state index < -0.39 is 0 Å². The number of amidine groups is 1. The highest BCUT2D eigenvalue weighted by Crippen LogP contribution is 2.50. The van der Waals surface area contributed by atoms with Crippen LogP contribution in [-0.2, 0) is 4.79 Å². The van der Waals surface area contributed by atoms with E-state index in [-0.39, 0.29) is 5.91 Å². The zero-order chi connectivity index (χ0) is 22.4. The Morgan fingerprint density at radius 1 is 0.758 bits per heavy atom. The van der Waals surface area contributed by atoms with Gasteiger partial charge in [-0.1, -0.05) is 72.4 Å². The highest BCUT2D eigenvalue weighted by molar-refractivity contribution is 8.20. The summed E-state index contributed by atoms with van der Waals surface area (Å²) in [5.74, 6) is -0.0482. The summed E-state index contributed by atoms with van der Waals surface area (Å²) in [7, 11) is 2.01. The van der Waals surface area contributed by atoms with Crippen molar-refractivity contribution < 1.29 is 4.79 Å². The van der Waals surface area contributed by atoms with Crippen molar-refractivity contribution in [1.29, 1.82) is 0 Å². The van der Waals surface area contributed by atoms with Crippen LogP contribution in [0.2, 0.25) is 0 Å². The fourth-order valence-corrected chi connectivity index (χ4v) is 6.39. The molecule has 0 spiro atoms. The molecule has 0 saturated carbocycles. The van der Waals surface area contributed by atoms with Gasteiger partial charge in [-0.2, -0.15) is 0 Å². The molecule has 1 amide bonds. The van der Waals surface area contributed by atoms with Gasteiger partial charge in [0.1, 0.15) is 4.91 Å². The van der Waals surface area contributed by atoms with Crippen LogP contribution in [0.15, 0.2) is 117 Å². The van der Waals surface area contributed by atoms with Gasteiger partial charge in [0.05, 0.1) is 22.1 Å². The van der Waals surface area contributed by atoms with E-state index in [9.17, 15) is 4.79 Å². The first-order chi connectivity index (χ1) is 16.2. The van der Waals surface area contributed by atoms with Gasteiger partial charge < -0.3 is 4.90 Å². The molecule has 2 aliphatic rings.